The quantitative estimate of drug-likeness (QED) is 0.312. The van der Waals surface area contributed by atoms with Crippen molar-refractivity contribution in [3.63, 3.8) is 0 Å². The molecule has 0 fully saturated rings. The van der Waals surface area contributed by atoms with Crippen molar-refractivity contribution in [1.29, 1.82) is 0 Å². The monoisotopic (exact) mass is 298 g/mol. The number of hydrogen-bond donors (Lipinski definition) is 0. The molecule has 0 aromatic rings. The summed E-state index contributed by atoms with van der Waals surface area (Å²) in [5.41, 5.74) is 1.65. The highest BCUT2D eigenvalue weighted by Crippen LogP contribution is 2.51. The van der Waals surface area contributed by atoms with Crippen molar-refractivity contribution in [2.24, 2.45) is 10.8 Å². The Balaban J connectivity index is 6.49. The maximum absolute atomic E-state index is 4.37. The predicted octanol–water partition coefficient (Wildman–Crippen LogP) is 7.20. The van der Waals surface area contributed by atoms with E-state index in [9.17, 15) is 0 Å². The van der Waals surface area contributed by atoms with Gasteiger partial charge in [-0.05, 0) is 39.2 Å². The molecule has 0 nitrogen and oxygen atoms in total. The molecule has 0 aromatic carbocycles. The van der Waals surface area contributed by atoms with Gasteiger partial charge in [0.25, 0.3) is 0 Å². The van der Waals surface area contributed by atoms with Gasteiger partial charge in [0, 0.05) is 10.8 Å². The first-order chi connectivity index (χ1) is 10.3. The van der Waals surface area contributed by atoms with E-state index in [1.54, 1.807) is 0 Å². The van der Waals surface area contributed by atoms with Gasteiger partial charge < -0.3 is 0 Å². The van der Waals surface area contributed by atoms with E-state index in [1.807, 2.05) is 6.92 Å². The van der Waals surface area contributed by atoms with Crippen molar-refractivity contribution >= 4 is 0 Å². The molecule has 1 unspecified atom stereocenters. The molecule has 0 saturated heterocycles. The molecule has 0 aliphatic rings. The molecule has 122 valence electrons. The topological polar surface area (TPSA) is 0 Å². The Morgan fingerprint density at radius 1 is 0.864 bits per heavy atom. The van der Waals surface area contributed by atoms with Gasteiger partial charge in [-0.2, -0.15) is 0 Å². The average molecular weight is 299 g/mol. The van der Waals surface area contributed by atoms with Gasteiger partial charge in [-0.3, -0.25) is 0 Å². The highest BCUT2D eigenvalue weighted by molar-refractivity contribution is 5.44. The average Bonchev–Trinajstić information content (AvgIpc) is 2.49. The normalized spacial score (nSPS) is 18.3. The van der Waals surface area contributed by atoms with Crippen LogP contribution in [0.15, 0.2) is 72.9 Å². The largest absolute Gasteiger partial charge is 0.0958 e. The Kier molecular flexibility index (Phi) is 8.79. The third-order valence-corrected chi connectivity index (χ3v) is 4.24. The third-order valence-electron chi connectivity index (χ3n) is 4.24. The molecule has 22 heavy (non-hydrogen) atoms. The molecule has 0 rings (SSSR count). The third kappa shape index (κ3) is 4.47. The lowest BCUT2D eigenvalue weighted by Crippen LogP contribution is -2.36. The van der Waals surface area contributed by atoms with E-state index >= 15 is 0 Å². The Bertz CT molecular complexity index is 470. The summed E-state index contributed by atoms with van der Waals surface area (Å²) in [4.78, 5) is 0. The summed E-state index contributed by atoms with van der Waals surface area (Å²) in [5.74, 6) is 0. The van der Waals surface area contributed by atoms with Crippen LogP contribution in [0.3, 0.4) is 0 Å². The second kappa shape index (κ2) is 9.46. The summed E-state index contributed by atoms with van der Waals surface area (Å²) >= 11 is 0. The van der Waals surface area contributed by atoms with Gasteiger partial charge in [0.05, 0.1) is 0 Å². The van der Waals surface area contributed by atoms with Crippen LogP contribution >= 0.6 is 0 Å². The minimum atomic E-state index is -0.237. The Morgan fingerprint density at radius 3 is 1.68 bits per heavy atom. The van der Waals surface area contributed by atoms with E-state index in [4.69, 9.17) is 0 Å². The Morgan fingerprint density at radius 2 is 1.32 bits per heavy atom. The maximum atomic E-state index is 4.37. The zero-order valence-electron chi connectivity index (χ0n) is 15.4. The van der Waals surface area contributed by atoms with Gasteiger partial charge in [-0.1, -0.05) is 88.1 Å². The second-order valence-corrected chi connectivity index (χ2v) is 6.02. The van der Waals surface area contributed by atoms with Gasteiger partial charge in [0.2, 0.25) is 0 Å². The number of allylic oxidation sites excluding steroid dienone is 10. The van der Waals surface area contributed by atoms with E-state index in [-0.39, 0.29) is 10.8 Å². The van der Waals surface area contributed by atoms with E-state index in [0.29, 0.717) is 0 Å². The molecular formula is C22H34. The first-order valence-electron chi connectivity index (χ1n) is 8.33. The van der Waals surface area contributed by atoms with Crippen molar-refractivity contribution in [3.05, 3.63) is 72.9 Å². The fraction of sp³-hybridized carbons (Fsp3) is 0.455. The van der Waals surface area contributed by atoms with Crippen LogP contribution in [-0.4, -0.2) is 0 Å². The van der Waals surface area contributed by atoms with Crippen LogP contribution in [0, 0.1) is 10.8 Å². The van der Waals surface area contributed by atoms with Crippen molar-refractivity contribution in [2.45, 2.75) is 54.4 Å². The first kappa shape index (κ1) is 20.4. The molecule has 0 aliphatic heterocycles. The molecule has 0 aromatic heterocycles. The van der Waals surface area contributed by atoms with Crippen molar-refractivity contribution in [3.8, 4) is 0 Å². The minimum Gasteiger partial charge on any atom is -0.0958 e. The van der Waals surface area contributed by atoms with Crippen LogP contribution in [0.1, 0.15) is 54.4 Å². The molecule has 0 spiro atoms. The van der Waals surface area contributed by atoms with Gasteiger partial charge in [-0.15, -0.1) is 0 Å². The molecule has 0 heterocycles. The molecule has 0 radical (unpaired) electrons. The summed E-state index contributed by atoms with van der Waals surface area (Å²) in [6.07, 6.45) is 19.9. The molecule has 0 N–H and O–H groups in total. The molecule has 0 amide bonds. The lowest BCUT2D eigenvalue weighted by molar-refractivity contribution is 0.339. The van der Waals surface area contributed by atoms with E-state index in [2.05, 4.69) is 96.4 Å². The standard InChI is InChI=1S/C22H34/c1-9-13-17-21(8,20(7)19(5)6)22(15-11-3,16-12-4)18-14-10-2/h11-18H,5,7,9-10H2,1-4,6,8H3. The van der Waals surface area contributed by atoms with Crippen molar-refractivity contribution in [1.82, 2.24) is 0 Å². The van der Waals surface area contributed by atoms with Crippen LogP contribution in [0.5, 0.6) is 0 Å². The van der Waals surface area contributed by atoms with Crippen LogP contribution in [0.25, 0.3) is 0 Å². The Hall–Kier alpha value is -1.56. The smallest absolute Gasteiger partial charge is 0.0370 e. The van der Waals surface area contributed by atoms with Crippen molar-refractivity contribution < 1.29 is 0 Å². The van der Waals surface area contributed by atoms with Crippen molar-refractivity contribution in [2.75, 3.05) is 0 Å². The van der Waals surface area contributed by atoms with Crippen LogP contribution in [-0.2, 0) is 0 Å². The van der Waals surface area contributed by atoms with Gasteiger partial charge in [-0.25, -0.2) is 0 Å². The lowest BCUT2D eigenvalue weighted by Gasteiger charge is -2.44. The van der Waals surface area contributed by atoms with Gasteiger partial charge in [0.1, 0.15) is 0 Å². The van der Waals surface area contributed by atoms with E-state index in [1.165, 1.54) is 0 Å². The number of rotatable bonds is 9. The molecule has 1 atom stereocenters. The summed E-state index contributed by atoms with van der Waals surface area (Å²) in [7, 11) is 0. The lowest BCUT2D eigenvalue weighted by atomic mass is 9.59. The predicted molar refractivity (Wildman–Crippen MR) is 103 cm³/mol. The molecular weight excluding hydrogens is 264 g/mol. The zero-order chi connectivity index (χ0) is 17.2. The molecule has 0 aliphatic carbocycles. The summed E-state index contributed by atoms with van der Waals surface area (Å²) in [6, 6.07) is 0. The molecule has 0 heteroatoms. The highest BCUT2D eigenvalue weighted by atomic mass is 14.4. The molecule has 0 bridgehead atoms. The minimum absolute atomic E-state index is 0.228. The maximum Gasteiger partial charge on any atom is 0.0370 e. The van der Waals surface area contributed by atoms with Crippen LogP contribution in [0.4, 0.5) is 0 Å². The SMILES string of the molecule is C=C(C)C(=C)C(C)(C=CCC)C(C=CC)(C=CC)C=CCC. The molecule has 0 saturated carbocycles. The fourth-order valence-corrected chi connectivity index (χ4v) is 2.85. The second-order valence-electron chi connectivity index (χ2n) is 6.02. The van der Waals surface area contributed by atoms with Gasteiger partial charge in [0.15, 0.2) is 0 Å². The summed E-state index contributed by atoms with van der Waals surface area (Å²) < 4.78 is 0. The number of hydrogen-bond acceptors (Lipinski definition) is 0. The van der Waals surface area contributed by atoms with E-state index < -0.39 is 0 Å². The van der Waals surface area contributed by atoms with Crippen LogP contribution < -0.4 is 0 Å². The highest BCUT2D eigenvalue weighted by Gasteiger charge is 2.42. The Labute approximate surface area is 138 Å². The zero-order valence-corrected chi connectivity index (χ0v) is 15.4. The van der Waals surface area contributed by atoms with E-state index in [0.717, 1.165) is 24.0 Å². The summed E-state index contributed by atoms with van der Waals surface area (Å²) in [6.45, 7) is 21.3. The summed E-state index contributed by atoms with van der Waals surface area (Å²) in [5, 5.41) is 0. The van der Waals surface area contributed by atoms with Gasteiger partial charge >= 0.3 is 0 Å². The van der Waals surface area contributed by atoms with Crippen LogP contribution in [0.2, 0.25) is 0 Å². The first-order valence-corrected chi connectivity index (χ1v) is 8.33. The fourth-order valence-electron chi connectivity index (χ4n) is 2.85.